The van der Waals surface area contributed by atoms with Gasteiger partial charge in [-0.15, -0.1) is 0 Å². The number of amides is 4. The van der Waals surface area contributed by atoms with Crippen molar-refractivity contribution in [3.8, 4) is 5.75 Å². The van der Waals surface area contributed by atoms with Crippen molar-refractivity contribution in [3.63, 3.8) is 0 Å². The molecule has 12 nitrogen and oxygen atoms in total. The molecule has 1 aliphatic heterocycles. The van der Waals surface area contributed by atoms with Crippen molar-refractivity contribution in [1.82, 2.24) is 21.3 Å². The fraction of sp³-hybridized carbons (Fsp3) is 0.393. The van der Waals surface area contributed by atoms with Crippen molar-refractivity contribution in [2.24, 2.45) is 5.73 Å². The Morgan fingerprint density at radius 2 is 1.43 bits per heavy atom. The van der Waals surface area contributed by atoms with Gasteiger partial charge in [0, 0.05) is 19.3 Å². The second kappa shape index (κ2) is 14.6. The molecule has 3 rings (SSSR count). The molecule has 1 fully saturated rings. The Kier molecular flexibility index (Phi) is 11.0. The summed E-state index contributed by atoms with van der Waals surface area (Å²) in [4.78, 5) is 62.6. The number of phenols is 1. The van der Waals surface area contributed by atoms with Crippen LogP contribution in [0, 0.1) is 0 Å². The molecule has 4 amide bonds. The van der Waals surface area contributed by atoms with Crippen LogP contribution in [0.2, 0.25) is 0 Å². The van der Waals surface area contributed by atoms with E-state index in [1.807, 2.05) is 30.3 Å². The zero-order chi connectivity index (χ0) is 29.1. The van der Waals surface area contributed by atoms with Crippen LogP contribution in [-0.2, 0) is 36.8 Å². The van der Waals surface area contributed by atoms with E-state index in [1.54, 1.807) is 12.1 Å². The standard InChI is InChI=1S/C28H35N5O7/c29-24(35)13-12-21(28(39)40)31-26(37)23(16-18-8-10-19(34)11-9-18)33-27(38)22(15-17-5-2-1-3-6-17)32-25(36)20-7-4-14-30-20/h1-3,5-6,8-11,20-23,30,34H,4,7,12-16H2,(H2,29,35)(H,31,37)(H,32,36)(H,33,38)(H,39,40). The molecule has 1 heterocycles. The molecule has 0 aliphatic carbocycles. The number of nitrogens with one attached hydrogen (secondary N) is 4. The molecular formula is C28H35N5O7. The molecule has 0 bridgehead atoms. The molecule has 4 atom stereocenters. The van der Waals surface area contributed by atoms with Crippen LogP contribution in [0.3, 0.4) is 0 Å². The summed E-state index contributed by atoms with van der Waals surface area (Å²) in [5.41, 5.74) is 6.51. The van der Waals surface area contributed by atoms with Gasteiger partial charge in [-0.2, -0.15) is 0 Å². The number of primary amides is 1. The molecule has 2 aromatic rings. The number of phenolic OH excluding ortho intramolecular Hbond substituents is 1. The van der Waals surface area contributed by atoms with E-state index >= 15 is 0 Å². The minimum Gasteiger partial charge on any atom is -0.508 e. The second-order valence-corrected chi connectivity index (χ2v) is 9.74. The van der Waals surface area contributed by atoms with Gasteiger partial charge in [0.15, 0.2) is 0 Å². The number of nitrogens with two attached hydrogens (primary N) is 1. The lowest BCUT2D eigenvalue weighted by Crippen LogP contribution is -2.58. The second-order valence-electron chi connectivity index (χ2n) is 9.74. The lowest BCUT2D eigenvalue weighted by Gasteiger charge is -2.25. The summed E-state index contributed by atoms with van der Waals surface area (Å²) >= 11 is 0. The summed E-state index contributed by atoms with van der Waals surface area (Å²) in [6.45, 7) is 0.697. The van der Waals surface area contributed by atoms with Gasteiger partial charge in [0.1, 0.15) is 23.9 Å². The lowest BCUT2D eigenvalue weighted by molar-refractivity contribution is -0.142. The molecular weight excluding hydrogens is 518 g/mol. The number of benzene rings is 2. The SMILES string of the molecule is NC(=O)CCC(NC(=O)C(Cc1ccc(O)cc1)NC(=O)C(Cc1ccccc1)NC(=O)C1CCCN1)C(=O)O. The minimum absolute atomic E-state index is 0.0114. The first-order chi connectivity index (χ1) is 19.1. The average Bonchev–Trinajstić information content (AvgIpc) is 3.47. The van der Waals surface area contributed by atoms with Gasteiger partial charge in [0.05, 0.1) is 6.04 Å². The topological polar surface area (TPSA) is 200 Å². The first kappa shape index (κ1) is 30.1. The molecule has 40 heavy (non-hydrogen) atoms. The van der Waals surface area contributed by atoms with E-state index < -0.39 is 47.9 Å². The van der Waals surface area contributed by atoms with Crippen molar-refractivity contribution in [2.45, 2.75) is 62.7 Å². The van der Waals surface area contributed by atoms with E-state index in [-0.39, 0.29) is 37.3 Å². The van der Waals surface area contributed by atoms with Crippen LogP contribution < -0.4 is 27.0 Å². The highest BCUT2D eigenvalue weighted by molar-refractivity contribution is 5.94. The molecule has 8 N–H and O–H groups in total. The van der Waals surface area contributed by atoms with Crippen LogP contribution in [0.15, 0.2) is 54.6 Å². The molecule has 0 radical (unpaired) electrons. The van der Waals surface area contributed by atoms with Crippen molar-refractivity contribution in [3.05, 3.63) is 65.7 Å². The first-order valence-electron chi connectivity index (χ1n) is 13.1. The van der Waals surface area contributed by atoms with E-state index in [1.165, 1.54) is 12.1 Å². The normalized spacial score (nSPS) is 16.8. The molecule has 214 valence electrons. The number of aromatic hydroxyl groups is 1. The number of carbonyl (C=O) groups excluding carboxylic acids is 4. The Bertz CT molecular complexity index is 1180. The third kappa shape index (κ3) is 9.38. The van der Waals surface area contributed by atoms with Crippen molar-refractivity contribution in [2.75, 3.05) is 6.54 Å². The van der Waals surface area contributed by atoms with Gasteiger partial charge in [-0.3, -0.25) is 19.2 Å². The van der Waals surface area contributed by atoms with Crippen LogP contribution in [0.5, 0.6) is 5.75 Å². The fourth-order valence-corrected chi connectivity index (χ4v) is 4.41. The van der Waals surface area contributed by atoms with Crippen LogP contribution in [0.4, 0.5) is 0 Å². The summed E-state index contributed by atoms with van der Waals surface area (Å²) < 4.78 is 0. The highest BCUT2D eigenvalue weighted by atomic mass is 16.4. The van der Waals surface area contributed by atoms with Gasteiger partial charge in [0.25, 0.3) is 0 Å². The average molecular weight is 554 g/mol. The fourth-order valence-electron chi connectivity index (χ4n) is 4.41. The summed E-state index contributed by atoms with van der Waals surface area (Å²) in [6, 6.07) is 11.0. The molecule has 4 unspecified atom stereocenters. The molecule has 12 heteroatoms. The van der Waals surface area contributed by atoms with Gasteiger partial charge in [-0.1, -0.05) is 42.5 Å². The summed E-state index contributed by atoms with van der Waals surface area (Å²) in [5.74, 6) is -3.81. The highest BCUT2D eigenvalue weighted by Gasteiger charge is 2.32. The monoisotopic (exact) mass is 553 g/mol. The maximum atomic E-state index is 13.5. The molecule has 1 saturated heterocycles. The maximum Gasteiger partial charge on any atom is 0.326 e. The van der Waals surface area contributed by atoms with E-state index in [0.29, 0.717) is 18.5 Å². The summed E-state index contributed by atoms with van der Waals surface area (Å²) in [6.07, 6.45) is 1.12. The van der Waals surface area contributed by atoms with E-state index in [4.69, 9.17) is 5.73 Å². The predicted octanol–water partition coefficient (Wildman–Crippen LogP) is -0.266. The van der Waals surface area contributed by atoms with Gasteiger partial charge in [0.2, 0.25) is 23.6 Å². The third-order valence-electron chi connectivity index (χ3n) is 6.60. The van der Waals surface area contributed by atoms with Gasteiger partial charge in [-0.25, -0.2) is 4.79 Å². The van der Waals surface area contributed by atoms with Gasteiger partial charge < -0.3 is 37.2 Å². The van der Waals surface area contributed by atoms with Crippen LogP contribution >= 0.6 is 0 Å². The van der Waals surface area contributed by atoms with Gasteiger partial charge >= 0.3 is 5.97 Å². The number of carbonyl (C=O) groups is 5. The Morgan fingerprint density at radius 1 is 0.850 bits per heavy atom. The summed E-state index contributed by atoms with van der Waals surface area (Å²) in [7, 11) is 0. The molecule has 1 aliphatic rings. The number of carboxylic acid groups (broad SMARTS) is 1. The predicted molar refractivity (Wildman–Crippen MR) is 145 cm³/mol. The number of rotatable bonds is 14. The minimum atomic E-state index is -1.41. The maximum absolute atomic E-state index is 13.5. The molecule has 0 aromatic heterocycles. The lowest BCUT2D eigenvalue weighted by atomic mass is 10.0. The largest absolute Gasteiger partial charge is 0.508 e. The first-order valence-corrected chi connectivity index (χ1v) is 13.1. The Hall–Kier alpha value is -4.45. The van der Waals surface area contributed by atoms with Crippen LogP contribution in [-0.4, -0.2) is 70.5 Å². The van der Waals surface area contributed by atoms with Crippen LogP contribution in [0.25, 0.3) is 0 Å². The zero-order valence-corrected chi connectivity index (χ0v) is 22.0. The quantitative estimate of drug-likeness (QED) is 0.166. The van der Waals surface area contributed by atoms with Crippen molar-refractivity contribution in [1.29, 1.82) is 0 Å². The van der Waals surface area contributed by atoms with Gasteiger partial charge in [-0.05, 0) is 49.1 Å². The number of carboxylic acids is 1. The third-order valence-corrected chi connectivity index (χ3v) is 6.60. The Balaban J connectivity index is 1.82. The van der Waals surface area contributed by atoms with Crippen molar-refractivity contribution >= 4 is 29.6 Å². The van der Waals surface area contributed by atoms with E-state index in [9.17, 15) is 34.2 Å². The number of hydrogen-bond donors (Lipinski definition) is 7. The van der Waals surface area contributed by atoms with Crippen molar-refractivity contribution < 1.29 is 34.2 Å². The smallest absolute Gasteiger partial charge is 0.326 e. The molecule has 0 saturated carbocycles. The number of aliphatic carboxylic acids is 1. The highest BCUT2D eigenvalue weighted by Crippen LogP contribution is 2.13. The summed E-state index contributed by atoms with van der Waals surface area (Å²) in [5, 5.41) is 30.1. The molecule has 2 aromatic carbocycles. The Morgan fingerprint density at radius 3 is 1.98 bits per heavy atom. The number of hydrogen-bond acceptors (Lipinski definition) is 7. The zero-order valence-electron chi connectivity index (χ0n) is 22.0. The molecule has 0 spiro atoms. The van der Waals surface area contributed by atoms with E-state index in [0.717, 1.165) is 12.0 Å². The Labute approximate surface area is 231 Å². The van der Waals surface area contributed by atoms with Crippen LogP contribution in [0.1, 0.15) is 36.8 Å². The van der Waals surface area contributed by atoms with E-state index in [2.05, 4.69) is 21.3 Å².